The van der Waals surface area contributed by atoms with Gasteiger partial charge in [-0.1, -0.05) is 0 Å². The molecule has 1 aromatic carbocycles. The lowest BCUT2D eigenvalue weighted by atomic mass is 10.2. The third-order valence-electron chi connectivity index (χ3n) is 3.96. The molecule has 1 unspecified atom stereocenters. The van der Waals surface area contributed by atoms with Crippen molar-refractivity contribution < 1.29 is 17.2 Å². The van der Waals surface area contributed by atoms with E-state index >= 15 is 0 Å². The largest absolute Gasteiger partial charge is 0.381 e. The third-order valence-corrected chi connectivity index (χ3v) is 5.36. The van der Waals surface area contributed by atoms with Gasteiger partial charge in [-0.05, 0) is 38.2 Å². The van der Waals surface area contributed by atoms with Crippen LogP contribution in [0.3, 0.4) is 0 Å². The molecular formula is C15H23F2N3O2S. The van der Waals surface area contributed by atoms with Crippen LogP contribution in [0.2, 0.25) is 0 Å². The lowest BCUT2D eigenvalue weighted by Gasteiger charge is -2.34. The molecule has 1 aromatic rings. The average molecular weight is 347 g/mol. The smallest absolute Gasteiger partial charge is 0.341 e. The Morgan fingerprint density at radius 1 is 1.13 bits per heavy atom. The van der Waals surface area contributed by atoms with Crippen LogP contribution in [0.15, 0.2) is 29.2 Å². The van der Waals surface area contributed by atoms with E-state index in [1.165, 1.54) is 24.3 Å². The molecule has 1 atom stereocenters. The minimum absolute atomic E-state index is 0.177. The summed E-state index contributed by atoms with van der Waals surface area (Å²) in [6, 6.07) is 5.65. The molecule has 0 aromatic heterocycles. The Kier molecular flexibility index (Phi) is 5.94. The Morgan fingerprint density at radius 2 is 1.70 bits per heavy atom. The number of nitrogens with zero attached hydrogens (tertiary/aromatic N) is 2. The van der Waals surface area contributed by atoms with E-state index in [4.69, 9.17) is 0 Å². The Balaban J connectivity index is 1.90. The van der Waals surface area contributed by atoms with Gasteiger partial charge < -0.3 is 10.2 Å². The second kappa shape index (κ2) is 7.55. The fourth-order valence-electron chi connectivity index (χ4n) is 2.59. The third kappa shape index (κ3) is 4.86. The van der Waals surface area contributed by atoms with E-state index in [0.717, 1.165) is 38.4 Å². The number of anilines is 1. The number of benzene rings is 1. The van der Waals surface area contributed by atoms with Crippen LogP contribution in [0.25, 0.3) is 0 Å². The summed E-state index contributed by atoms with van der Waals surface area (Å²) in [6.07, 6.45) is 0. The number of hydrogen-bond donors (Lipinski definition) is 1. The molecule has 1 fully saturated rings. The van der Waals surface area contributed by atoms with E-state index in [9.17, 15) is 17.2 Å². The molecule has 0 spiro atoms. The monoisotopic (exact) mass is 347 g/mol. The van der Waals surface area contributed by atoms with Crippen LogP contribution >= 0.6 is 0 Å². The number of sulfone groups is 1. The standard InChI is InChI=1S/C15H23F2N3O2S/c1-12(11-20-9-7-19(2)8-10-20)18-13-3-5-14(6-4-13)23(21,22)15(16)17/h3-6,12,15,18H,7-11H2,1-2H3. The van der Waals surface area contributed by atoms with Crippen molar-refractivity contribution >= 4 is 15.5 Å². The number of nitrogens with one attached hydrogen (secondary N) is 1. The zero-order valence-corrected chi connectivity index (χ0v) is 14.2. The Hall–Kier alpha value is -1.25. The molecule has 1 aliphatic heterocycles. The van der Waals surface area contributed by atoms with Gasteiger partial charge in [-0.2, -0.15) is 8.78 Å². The molecule has 0 bridgehead atoms. The number of likely N-dealkylation sites (N-methyl/N-ethyl adjacent to an activating group) is 1. The van der Waals surface area contributed by atoms with E-state index in [1.54, 1.807) is 0 Å². The predicted octanol–water partition coefficient (Wildman–Crippen LogP) is 1.73. The summed E-state index contributed by atoms with van der Waals surface area (Å²) in [5, 5.41) is 3.27. The Labute approximate surface area is 136 Å². The number of hydrogen-bond acceptors (Lipinski definition) is 5. The quantitative estimate of drug-likeness (QED) is 0.849. The van der Waals surface area contributed by atoms with Crippen molar-refractivity contribution in [1.82, 2.24) is 9.80 Å². The van der Waals surface area contributed by atoms with Gasteiger partial charge in [0, 0.05) is 44.5 Å². The van der Waals surface area contributed by atoms with Crippen LogP contribution in [0.1, 0.15) is 6.92 Å². The van der Waals surface area contributed by atoms with Crippen molar-refractivity contribution in [2.45, 2.75) is 23.6 Å². The maximum atomic E-state index is 12.5. The number of piperazine rings is 1. The zero-order chi connectivity index (χ0) is 17.0. The maximum absolute atomic E-state index is 12.5. The maximum Gasteiger partial charge on any atom is 0.341 e. The van der Waals surface area contributed by atoms with Crippen LogP contribution in [0.5, 0.6) is 0 Å². The summed E-state index contributed by atoms with van der Waals surface area (Å²) in [5.74, 6) is -3.39. The molecule has 1 N–H and O–H groups in total. The van der Waals surface area contributed by atoms with Gasteiger partial charge in [-0.15, -0.1) is 0 Å². The first-order valence-electron chi connectivity index (χ1n) is 7.58. The summed E-state index contributed by atoms with van der Waals surface area (Å²) in [5.41, 5.74) is 0.722. The fourth-order valence-corrected chi connectivity index (χ4v) is 3.31. The van der Waals surface area contributed by atoms with Crippen LogP contribution in [0, 0.1) is 0 Å². The fraction of sp³-hybridized carbons (Fsp3) is 0.600. The normalized spacial score (nSPS) is 19.0. The van der Waals surface area contributed by atoms with Gasteiger partial charge in [0.05, 0.1) is 4.90 Å². The SMILES string of the molecule is CC(CN1CCN(C)CC1)Nc1ccc(S(=O)(=O)C(F)F)cc1. The highest BCUT2D eigenvalue weighted by molar-refractivity contribution is 7.91. The van der Waals surface area contributed by atoms with E-state index in [2.05, 4.69) is 22.2 Å². The van der Waals surface area contributed by atoms with Gasteiger partial charge in [-0.25, -0.2) is 8.42 Å². The minimum Gasteiger partial charge on any atom is -0.381 e. The second-order valence-corrected chi connectivity index (χ2v) is 7.90. The molecule has 0 aliphatic carbocycles. The van der Waals surface area contributed by atoms with Gasteiger partial charge in [0.2, 0.25) is 9.84 Å². The summed E-state index contributed by atoms with van der Waals surface area (Å²) < 4.78 is 47.7. The molecule has 23 heavy (non-hydrogen) atoms. The van der Waals surface area contributed by atoms with Crippen molar-refractivity contribution in [3.63, 3.8) is 0 Å². The Bertz CT molecular complexity index is 600. The Morgan fingerprint density at radius 3 is 2.22 bits per heavy atom. The lowest BCUT2D eigenvalue weighted by molar-refractivity contribution is 0.151. The summed E-state index contributed by atoms with van der Waals surface area (Å²) in [6.45, 7) is 7.06. The molecule has 8 heteroatoms. The van der Waals surface area contributed by atoms with Crippen molar-refractivity contribution in [3.8, 4) is 0 Å². The molecule has 2 rings (SSSR count). The van der Waals surface area contributed by atoms with E-state index in [-0.39, 0.29) is 10.9 Å². The van der Waals surface area contributed by atoms with Crippen molar-refractivity contribution in [1.29, 1.82) is 0 Å². The molecule has 0 radical (unpaired) electrons. The zero-order valence-electron chi connectivity index (χ0n) is 13.4. The molecule has 1 aliphatic rings. The van der Waals surface area contributed by atoms with Crippen molar-refractivity contribution in [2.24, 2.45) is 0 Å². The van der Waals surface area contributed by atoms with Gasteiger partial charge in [0.1, 0.15) is 0 Å². The van der Waals surface area contributed by atoms with Gasteiger partial charge >= 0.3 is 5.76 Å². The van der Waals surface area contributed by atoms with Crippen LogP contribution in [0.4, 0.5) is 14.5 Å². The highest BCUT2D eigenvalue weighted by atomic mass is 32.2. The first-order chi connectivity index (χ1) is 10.8. The molecule has 1 saturated heterocycles. The molecular weight excluding hydrogens is 324 g/mol. The number of rotatable bonds is 6. The highest BCUT2D eigenvalue weighted by Gasteiger charge is 2.26. The van der Waals surface area contributed by atoms with E-state index in [0.29, 0.717) is 0 Å². The van der Waals surface area contributed by atoms with E-state index in [1.807, 2.05) is 6.92 Å². The molecule has 5 nitrogen and oxygen atoms in total. The minimum atomic E-state index is -4.52. The van der Waals surface area contributed by atoms with Crippen LogP contribution in [-0.2, 0) is 9.84 Å². The number of alkyl halides is 2. The van der Waals surface area contributed by atoms with Crippen molar-refractivity contribution in [2.75, 3.05) is 45.1 Å². The lowest BCUT2D eigenvalue weighted by Crippen LogP contribution is -2.47. The average Bonchev–Trinajstić information content (AvgIpc) is 2.50. The van der Waals surface area contributed by atoms with Gasteiger partial charge in [0.15, 0.2) is 0 Å². The molecule has 130 valence electrons. The molecule has 1 heterocycles. The second-order valence-electron chi connectivity index (χ2n) is 5.98. The molecule has 0 saturated carbocycles. The highest BCUT2D eigenvalue weighted by Crippen LogP contribution is 2.20. The van der Waals surface area contributed by atoms with Gasteiger partial charge in [0.25, 0.3) is 0 Å². The van der Waals surface area contributed by atoms with E-state index < -0.39 is 15.6 Å². The number of halogens is 2. The van der Waals surface area contributed by atoms with Gasteiger partial charge in [-0.3, -0.25) is 4.90 Å². The molecule has 0 amide bonds. The van der Waals surface area contributed by atoms with Crippen molar-refractivity contribution in [3.05, 3.63) is 24.3 Å². The summed E-state index contributed by atoms with van der Waals surface area (Å²) in [7, 11) is -2.42. The topological polar surface area (TPSA) is 52.6 Å². The first-order valence-corrected chi connectivity index (χ1v) is 9.13. The first kappa shape index (κ1) is 18.1. The van der Waals surface area contributed by atoms with Crippen LogP contribution < -0.4 is 5.32 Å². The predicted molar refractivity (Wildman–Crippen MR) is 86.7 cm³/mol. The van der Waals surface area contributed by atoms with Crippen LogP contribution in [-0.4, -0.2) is 69.8 Å². The summed E-state index contributed by atoms with van der Waals surface area (Å²) >= 11 is 0. The summed E-state index contributed by atoms with van der Waals surface area (Å²) in [4.78, 5) is 4.30.